The molecule has 16 heavy (non-hydrogen) atoms. The Bertz CT molecular complexity index is 208. The number of carbonyl (C=O) groups is 1. The van der Waals surface area contributed by atoms with E-state index >= 15 is 0 Å². The van der Waals surface area contributed by atoms with Gasteiger partial charge in [-0.1, -0.05) is 25.7 Å². The highest BCUT2D eigenvalue weighted by atomic mass is 16.3. The van der Waals surface area contributed by atoms with E-state index in [2.05, 4.69) is 0 Å². The Balaban J connectivity index is 2.31. The molecule has 0 heterocycles. The number of rotatable bonds is 4. The number of aliphatic hydroxyl groups is 1. The van der Waals surface area contributed by atoms with E-state index in [1.165, 1.54) is 38.5 Å². The molecule has 94 valence electrons. The zero-order valence-corrected chi connectivity index (χ0v) is 10.6. The third kappa shape index (κ3) is 4.97. The second kappa shape index (κ2) is 6.89. The zero-order valence-electron chi connectivity index (χ0n) is 10.6. The Morgan fingerprint density at radius 1 is 1.31 bits per heavy atom. The Morgan fingerprint density at radius 3 is 2.38 bits per heavy atom. The number of likely N-dealkylation sites (N-methyl/N-ethyl adjacent to an activating group) is 1. The van der Waals surface area contributed by atoms with Crippen molar-refractivity contribution in [3.05, 3.63) is 0 Å². The number of amides is 1. The Morgan fingerprint density at radius 2 is 1.88 bits per heavy atom. The molecule has 0 bridgehead atoms. The Hall–Kier alpha value is -0.570. The van der Waals surface area contributed by atoms with Gasteiger partial charge in [0.2, 0.25) is 5.91 Å². The van der Waals surface area contributed by atoms with Crippen molar-refractivity contribution in [2.75, 3.05) is 13.6 Å². The van der Waals surface area contributed by atoms with Crippen LogP contribution in [-0.4, -0.2) is 35.6 Å². The van der Waals surface area contributed by atoms with Crippen LogP contribution in [-0.2, 0) is 4.79 Å². The minimum Gasteiger partial charge on any atom is -0.392 e. The van der Waals surface area contributed by atoms with Crippen LogP contribution in [0.15, 0.2) is 0 Å². The molecule has 1 N–H and O–H groups in total. The van der Waals surface area contributed by atoms with Crippen LogP contribution >= 0.6 is 0 Å². The summed E-state index contributed by atoms with van der Waals surface area (Å²) in [5, 5.41) is 9.23. The van der Waals surface area contributed by atoms with Crippen LogP contribution in [0.4, 0.5) is 0 Å². The summed E-state index contributed by atoms with van der Waals surface area (Å²) in [5.41, 5.74) is 0. The summed E-state index contributed by atoms with van der Waals surface area (Å²) in [6.45, 7) is 2.17. The zero-order chi connectivity index (χ0) is 12.0. The number of hydrogen-bond acceptors (Lipinski definition) is 2. The van der Waals surface area contributed by atoms with Gasteiger partial charge >= 0.3 is 0 Å². The maximum atomic E-state index is 11.9. The molecular formula is C13H25NO2. The average molecular weight is 227 g/mol. The van der Waals surface area contributed by atoms with Crippen LogP contribution in [0.3, 0.4) is 0 Å². The average Bonchev–Trinajstić information content (AvgIpc) is 2.45. The summed E-state index contributed by atoms with van der Waals surface area (Å²) >= 11 is 0. The van der Waals surface area contributed by atoms with Crippen LogP contribution < -0.4 is 0 Å². The van der Waals surface area contributed by atoms with E-state index < -0.39 is 6.10 Å². The molecule has 0 aromatic carbocycles. The van der Waals surface area contributed by atoms with Crippen molar-refractivity contribution in [2.24, 2.45) is 5.92 Å². The van der Waals surface area contributed by atoms with Gasteiger partial charge in [0, 0.05) is 20.0 Å². The van der Waals surface area contributed by atoms with Gasteiger partial charge in [-0.15, -0.1) is 0 Å². The highest BCUT2D eigenvalue weighted by Crippen LogP contribution is 2.25. The smallest absolute Gasteiger partial charge is 0.222 e. The van der Waals surface area contributed by atoms with E-state index in [0.29, 0.717) is 18.9 Å². The summed E-state index contributed by atoms with van der Waals surface area (Å²) in [6, 6.07) is 0. The molecule has 0 radical (unpaired) electrons. The molecule has 1 saturated carbocycles. The summed E-state index contributed by atoms with van der Waals surface area (Å²) in [5.74, 6) is 0.763. The minimum absolute atomic E-state index is 0.188. The maximum Gasteiger partial charge on any atom is 0.222 e. The first kappa shape index (κ1) is 13.5. The van der Waals surface area contributed by atoms with Crippen LogP contribution in [0.2, 0.25) is 0 Å². The lowest BCUT2D eigenvalue weighted by atomic mass is 9.96. The van der Waals surface area contributed by atoms with Gasteiger partial charge in [-0.05, 0) is 25.7 Å². The van der Waals surface area contributed by atoms with E-state index in [1.54, 1.807) is 18.9 Å². The molecule has 1 amide bonds. The van der Waals surface area contributed by atoms with Crippen LogP contribution in [0.5, 0.6) is 0 Å². The molecule has 1 atom stereocenters. The normalized spacial score (nSPS) is 20.2. The fraction of sp³-hybridized carbons (Fsp3) is 0.923. The highest BCUT2D eigenvalue weighted by molar-refractivity contribution is 5.76. The molecule has 0 aliphatic heterocycles. The topological polar surface area (TPSA) is 40.5 Å². The summed E-state index contributed by atoms with van der Waals surface area (Å²) in [7, 11) is 1.78. The molecule has 3 nitrogen and oxygen atoms in total. The second-order valence-corrected chi connectivity index (χ2v) is 5.18. The summed E-state index contributed by atoms with van der Waals surface area (Å²) in [4.78, 5) is 13.5. The van der Waals surface area contributed by atoms with Crippen molar-refractivity contribution in [2.45, 2.75) is 58.0 Å². The van der Waals surface area contributed by atoms with Gasteiger partial charge in [0.05, 0.1) is 6.10 Å². The second-order valence-electron chi connectivity index (χ2n) is 5.18. The SMILES string of the molecule is CC(O)CN(C)C(=O)CC1CCCCCC1. The van der Waals surface area contributed by atoms with Crippen molar-refractivity contribution in [3.63, 3.8) is 0 Å². The Labute approximate surface area is 98.8 Å². The maximum absolute atomic E-state index is 11.9. The highest BCUT2D eigenvalue weighted by Gasteiger charge is 2.18. The fourth-order valence-electron chi connectivity index (χ4n) is 2.47. The number of hydrogen-bond donors (Lipinski definition) is 1. The Kier molecular flexibility index (Phi) is 5.81. The quantitative estimate of drug-likeness (QED) is 0.748. The largest absolute Gasteiger partial charge is 0.392 e. The molecule has 0 aromatic rings. The lowest BCUT2D eigenvalue weighted by molar-refractivity contribution is -0.132. The predicted molar refractivity (Wildman–Crippen MR) is 65.1 cm³/mol. The van der Waals surface area contributed by atoms with Crippen molar-refractivity contribution in [1.29, 1.82) is 0 Å². The first-order chi connectivity index (χ1) is 7.59. The number of nitrogens with zero attached hydrogens (tertiary/aromatic N) is 1. The van der Waals surface area contributed by atoms with Gasteiger partial charge in [0.1, 0.15) is 0 Å². The van der Waals surface area contributed by atoms with Gasteiger partial charge in [-0.25, -0.2) is 0 Å². The summed E-state index contributed by atoms with van der Waals surface area (Å²) in [6.07, 6.45) is 7.85. The molecule has 1 aliphatic carbocycles. The van der Waals surface area contributed by atoms with Crippen LogP contribution in [0.1, 0.15) is 51.9 Å². The van der Waals surface area contributed by atoms with Gasteiger partial charge in [-0.3, -0.25) is 4.79 Å². The van der Waals surface area contributed by atoms with E-state index in [9.17, 15) is 9.90 Å². The van der Waals surface area contributed by atoms with E-state index in [4.69, 9.17) is 0 Å². The first-order valence-corrected chi connectivity index (χ1v) is 6.51. The molecule has 0 aromatic heterocycles. The molecule has 1 unspecified atom stereocenters. The number of aliphatic hydroxyl groups excluding tert-OH is 1. The van der Waals surface area contributed by atoms with Crippen molar-refractivity contribution >= 4 is 5.91 Å². The lowest BCUT2D eigenvalue weighted by Crippen LogP contribution is -2.34. The van der Waals surface area contributed by atoms with Crippen LogP contribution in [0, 0.1) is 5.92 Å². The van der Waals surface area contributed by atoms with Gasteiger partial charge < -0.3 is 10.0 Å². The van der Waals surface area contributed by atoms with E-state index in [0.717, 1.165) is 0 Å². The van der Waals surface area contributed by atoms with Crippen molar-refractivity contribution in [3.8, 4) is 0 Å². The molecular weight excluding hydrogens is 202 g/mol. The van der Waals surface area contributed by atoms with E-state index in [-0.39, 0.29) is 5.91 Å². The van der Waals surface area contributed by atoms with Crippen molar-refractivity contribution in [1.82, 2.24) is 4.90 Å². The third-order valence-corrected chi connectivity index (χ3v) is 3.40. The molecule has 0 spiro atoms. The predicted octanol–water partition coefficient (Wildman–Crippen LogP) is 2.19. The third-order valence-electron chi connectivity index (χ3n) is 3.40. The summed E-state index contributed by atoms with van der Waals surface area (Å²) < 4.78 is 0. The molecule has 1 aliphatic rings. The van der Waals surface area contributed by atoms with Crippen molar-refractivity contribution < 1.29 is 9.90 Å². The molecule has 0 saturated heterocycles. The van der Waals surface area contributed by atoms with Crippen LogP contribution in [0.25, 0.3) is 0 Å². The number of carbonyl (C=O) groups excluding carboxylic acids is 1. The van der Waals surface area contributed by atoms with Gasteiger partial charge in [-0.2, -0.15) is 0 Å². The van der Waals surface area contributed by atoms with Gasteiger partial charge in [0.25, 0.3) is 0 Å². The van der Waals surface area contributed by atoms with E-state index in [1.807, 2.05) is 0 Å². The fourth-order valence-corrected chi connectivity index (χ4v) is 2.47. The first-order valence-electron chi connectivity index (χ1n) is 6.51. The molecule has 3 heteroatoms. The van der Waals surface area contributed by atoms with Gasteiger partial charge in [0.15, 0.2) is 0 Å². The molecule has 1 fully saturated rings. The lowest BCUT2D eigenvalue weighted by Gasteiger charge is -2.21. The molecule has 1 rings (SSSR count). The standard InChI is InChI=1S/C13H25NO2/c1-11(15)10-14(2)13(16)9-12-7-5-3-4-6-8-12/h11-12,15H,3-10H2,1-2H3. The minimum atomic E-state index is -0.428. The monoisotopic (exact) mass is 227 g/mol.